The Balaban J connectivity index is 1.90. The number of ether oxygens (including phenoxy) is 1. The summed E-state index contributed by atoms with van der Waals surface area (Å²) in [5.41, 5.74) is 2.50. The van der Waals surface area contributed by atoms with Crippen LogP contribution in [0.1, 0.15) is 20.7 Å². The quantitative estimate of drug-likeness (QED) is 0.524. The van der Waals surface area contributed by atoms with Gasteiger partial charge in [-0.15, -0.1) is 0 Å². The average Bonchev–Trinajstić information content (AvgIpc) is 2.63. The molecule has 0 aliphatic carbocycles. The maximum atomic E-state index is 11.5. The Hall–Kier alpha value is -2.62. The summed E-state index contributed by atoms with van der Waals surface area (Å²) in [7, 11) is 0. The van der Waals surface area contributed by atoms with Gasteiger partial charge in [-0.05, 0) is 64.7 Å². The van der Waals surface area contributed by atoms with E-state index in [1.54, 1.807) is 12.1 Å². The van der Waals surface area contributed by atoms with E-state index in [0.717, 1.165) is 11.1 Å². The van der Waals surface area contributed by atoms with Gasteiger partial charge in [0, 0.05) is 5.56 Å². The Kier molecular flexibility index (Phi) is 5.17. The lowest BCUT2D eigenvalue weighted by Crippen LogP contribution is -1.98. The number of benzene rings is 3. The van der Waals surface area contributed by atoms with Crippen molar-refractivity contribution in [2.45, 2.75) is 0 Å². The van der Waals surface area contributed by atoms with Gasteiger partial charge < -0.3 is 4.74 Å². The van der Waals surface area contributed by atoms with Crippen LogP contribution in [-0.4, -0.2) is 10.5 Å². The van der Waals surface area contributed by atoms with E-state index in [4.69, 9.17) is 27.9 Å². The predicted octanol–water partition coefficient (Wildman–Crippen LogP) is 5.90. The van der Waals surface area contributed by atoms with Crippen LogP contribution in [0.4, 0.5) is 0 Å². The maximum absolute atomic E-state index is 11.5. The van der Waals surface area contributed by atoms with Gasteiger partial charge in [0.25, 0.3) is 10.5 Å². The average molecular weight is 371 g/mol. The Morgan fingerprint density at radius 2 is 1.36 bits per heavy atom. The van der Waals surface area contributed by atoms with E-state index in [0.29, 0.717) is 5.75 Å². The second kappa shape index (κ2) is 7.51. The van der Waals surface area contributed by atoms with E-state index in [9.17, 15) is 9.59 Å². The number of hydrogen-bond acceptors (Lipinski definition) is 3. The van der Waals surface area contributed by atoms with Crippen LogP contribution in [0.2, 0.25) is 0 Å². The molecule has 0 saturated heterocycles. The topological polar surface area (TPSA) is 43.4 Å². The van der Waals surface area contributed by atoms with Gasteiger partial charge in [-0.1, -0.05) is 42.5 Å². The zero-order valence-electron chi connectivity index (χ0n) is 12.9. The third kappa shape index (κ3) is 4.08. The van der Waals surface area contributed by atoms with Crippen molar-refractivity contribution >= 4 is 33.7 Å². The number of rotatable bonds is 5. The molecule has 0 bridgehead atoms. The molecule has 0 unspecified atom stereocenters. The fraction of sp³-hybridized carbons (Fsp3) is 0. The van der Waals surface area contributed by atoms with Gasteiger partial charge in [0.15, 0.2) is 0 Å². The molecule has 5 heteroatoms. The van der Waals surface area contributed by atoms with E-state index < -0.39 is 10.5 Å². The molecule has 0 N–H and O–H groups in total. The lowest BCUT2D eigenvalue weighted by atomic mass is 10.1. The van der Waals surface area contributed by atoms with Crippen molar-refractivity contribution in [1.29, 1.82) is 0 Å². The largest absolute Gasteiger partial charge is 0.457 e. The number of hydrogen-bond donors (Lipinski definition) is 0. The van der Waals surface area contributed by atoms with Crippen LogP contribution in [0, 0.1) is 0 Å². The number of carbonyl (C=O) groups excluding carboxylic acids is 2. The van der Waals surface area contributed by atoms with E-state index >= 15 is 0 Å². The lowest BCUT2D eigenvalue weighted by Gasteiger charge is -2.10. The van der Waals surface area contributed by atoms with Crippen LogP contribution < -0.4 is 4.74 Å². The summed E-state index contributed by atoms with van der Waals surface area (Å²) < 4.78 is 5.74. The highest BCUT2D eigenvalue weighted by Crippen LogP contribution is 2.30. The molecule has 0 heterocycles. The van der Waals surface area contributed by atoms with E-state index in [1.807, 2.05) is 42.5 Å². The highest BCUT2D eigenvalue weighted by Gasteiger charge is 2.14. The van der Waals surface area contributed by atoms with Gasteiger partial charge in [-0.3, -0.25) is 9.59 Å². The van der Waals surface area contributed by atoms with Crippen LogP contribution in [0.25, 0.3) is 11.1 Å². The first kappa shape index (κ1) is 17.2. The van der Waals surface area contributed by atoms with E-state index in [-0.39, 0.29) is 16.9 Å². The standard InChI is InChI=1S/C20H12Cl2O3/c21-19(23)15-8-11-17(20(22)24)18(12-15)25-16-9-6-14(7-10-16)13-4-2-1-3-5-13/h1-12H. The summed E-state index contributed by atoms with van der Waals surface area (Å²) in [6.07, 6.45) is 0. The summed E-state index contributed by atoms with van der Waals surface area (Å²) >= 11 is 11.1. The molecule has 0 radical (unpaired) electrons. The molecule has 3 aromatic carbocycles. The molecule has 3 aromatic rings. The normalized spacial score (nSPS) is 10.3. The van der Waals surface area contributed by atoms with Crippen molar-refractivity contribution in [3.63, 3.8) is 0 Å². The van der Waals surface area contributed by atoms with E-state index in [1.165, 1.54) is 18.2 Å². The smallest absolute Gasteiger partial charge is 0.256 e. The molecule has 25 heavy (non-hydrogen) atoms. The molecular formula is C20H12Cl2O3. The highest BCUT2D eigenvalue weighted by molar-refractivity contribution is 6.68. The van der Waals surface area contributed by atoms with E-state index in [2.05, 4.69) is 0 Å². The van der Waals surface area contributed by atoms with Crippen molar-refractivity contribution < 1.29 is 14.3 Å². The maximum Gasteiger partial charge on any atom is 0.256 e. The van der Waals surface area contributed by atoms with Crippen LogP contribution in [0.15, 0.2) is 72.8 Å². The summed E-state index contributed by atoms with van der Waals surface area (Å²) in [6.45, 7) is 0. The van der Waals surface area contributed by atoms with Crippen molar-refractivity contribution in [1.82, 2.24) is 0 Å². The van der Waals surface area contributed by atoms with Gasteiger partial charge in [-0.2, -0.15) is 0 Å². The molecular weight excluding hydrogens is 359 g/mol. The summed E-state index contributed by atoms with van der Waals surface area (Å²) in [4.78, 5) is 22.9. The molecule has 3 nitrogen and oxygen atoms in total. The van der Waals surface area contributed by atoms with Gasteiger partial charge in [0.05, 0.1) is 5.56 Å². The molecule has 0 saturated carbocycles. The minimum absolute atomic E-state index is 0.162. The van der Waals surface area contributed by atoms with Crippen molar-refractivity contribution in [2.75, 3.05) is 0 Å². The first-order chi connectivity index (χ1) is 12.0. The molecule has 0 aliphatic heterocycles. The molecule has 0 atom stereocenters. The lowest BCUT2D eigenvalue weighted by molar-refractivity contribution is 0.106. The van der Waals surface area contributed by atoms with Gasteiger partial charge in [-0.25, -0.2) is 0 Å². The number of carbonyl (C=O) groups is 2. The summed E-state index contributed by atoms with van der Waals surface area (Å²) in [6, 6.07) is 21.5. The predicted molar refractivity (Wildman–Crippen MR) is 98.8 cm³/mol. The third-order valence-corrected chi connectivity index (χ3v) is 4.03. The molecule has 0 fully saturated rings. The molecule has 0 spiro atoms. The molecule has 124 valence electrons. The van der Waals surface area contributed by atoms with Crippen molar-refractivity contribution in [3.05, 3.63) is 83.9 Å². The van der Waals surface area contributed by atoms with Crippen molar-refractivity contribution in [2.24, 2.45) is 0 Å². The summed E-state index contributed by atoms with van der Waals surface area (Å²) in [5, 5.41) is -1.32. The van der Waals surface area contributed by atoms with Crippen LogP contribution in [0.3, 0.4) is 0 Å². The minimum Gasteiger partial charge on any atom is -0.457 e. The number of halogens is 2. The van der Waals surface area contributed by atoms with Crippen molar-refractivity contribution in [3.8, 4) is 22.6 Å². The highest BCUT2D eigenvalue weighted by atomic mass is 35.5. The molecule has 3 rings (SSSR count). The Bertz CT molecular complexity index is 919. The fourth-order valence-electron chi connectivity index (χ4n) is 2.36. The second-order valence-corrected chi connectivity index (χ2v) is 5.94. The van der Waals surface area contributed by atoms with Crippen LogP contribution in [-0.2, 0) is 0 Å². The fourth-order valence-corrected chi connectivity index (χ4v) is 2.64. The van der Waals surface area contributed by atoms with Crippen LogP contribution in [0.5, 0.6) is 11.5 Å². The van der Waals surface area contributed by atoms with Gasteiger partial charge in [0.2, 0.25) is 0 Å². The van der Waals surface area contributed by atoms with Gasteiger partial charge >= 0.3 is 0 Å². The molecule has 0 amide bonds. The zero-order valence-corrected chi connectivity index (χ0v) is 14.4. The van der Waals surface area contributed by atoms with Crippen LogP contribution >= 0.6 is 23.2 Å². The monoisotopic (exact) mass is 370 g/mol. The Labute approximate surface area is 154 Å². The third-order valence-electron chi connectivity index (χ3n) is 3.61. The second-order valence-electron chi connectivity index (χ2n) is 5.25. The SMILES string of the molecule is O=C(Cl)c1ccc(C(=O)Cl)c(Oc2ccc(-c3ccccc3)cc2)c1. The Morgan fingerprint density at radius 1 is 0.720 bits per heavy atom. The first-order valence-corrected chi connectivity index (χ1v) is 8.17. The molecule has 0 aromatic heterocycles. The first-order valence-electron chi connectivity index (χ1n) is 7.41. The zero-order chi connectivity index (χ0) is 17.8. The van der Waals surface area contributed by atoms with Gasteiger partial charge in [0.1, 0.15) is 11.5 Å². The molecule has 0 aliphatic rings. The summed E-state index contributed by atoms with van der Waals surface area (Å²) in [5.74, 6) is 0.692. The minimum atomic E-state index is -0.676. The Morgan fingerprint density at radius 3 is 1.96 bits per heavy atom.